The standard InChI is InChI=1S/C11H13NO4/c1-7(13)12(2)10(11(15)16)8-3-5-9(14)6-4-8/h3-6,10,14H,1-2H3,(H,15,16). The SMILES string of the molecule is CC(=O)N(C)C(C(=O)O)c1ccc(O)cc1. The molecule has 0 saturated carbocycles. The van der Waals surface area contributed by atoms with E-state index in [9.17, 15) is 9.59 Å². The van der Waals surface area contributed by atoms with Crippen LogP contribution in [-0.2, 0) is 9.59 Å². The third kappa shape index (κ3) is 2.50. The van der Waals surface area contributed by atoms with Crippen molar-refractivity contribution in [3.8, 4) is 5.75 Å². The summed E-state index contributed by atoms with van der Waals surface area (Å²) < 4.78 is 0. The van der Waals surface area contributed by atoms with Crippen molar-refractivity contribution >= 4 is 11.9 Å². The summed E-state index contributed by atoms with van der Waals surface area (Å²) in [5, 5.41) is 18.2. The molecule has 0 fully saturated rings. The number of carboxylic acids is 1. The van der Waals surface area contributed by atoms with E-state index < -0.39 is 12.0 Å². The number of benzene rings is 1. The quantitative estimate of drug-likeness (QED) is 0.801. The van der Waals surface area contributed by atoms with Crippen molar-refractivity contribution in [1.29, 1.82) is 0 Å². The summed E-state index contributed by atoms with van der Waals surface area (Å²) in [5.74, 6) is -1.39. The Kier molecular flexibility index (Phi) is 3.50. The molecule has 1 aromatic rings. The van der Waals surface area contributed by atoms with Gasteiger partial charge in [-0.25, -0.2) is 4.79 Å². The van der Waals surface area contributed by atoms with Crippen LogP contribution in [0.2, 0.25) is 0 Å². The second kappa shape index (κ2) is 4.65. The fraction of sp³-hybridized carbons (Fsp3) is 0.273. The Balaban J connectivity index is 3.07. The van der Waals surface area contributed by atoms with Gasteiger partial charge < -0.3 is 15.1 Å². The van der Waals surface area contributed by atoms with E-state index in [0.29, 0.717) is 5.56 Å². The molecule has 0 saturated heterocycles. The summed E-state index contributed by atoms with van der Waals surface area (Å²) in [6.07, 6.45) is 0. The van der Waals surface area contributed by atoms with Gasteiger partial charge in [0.1, 0.15) is 5.75 Å². The van der Waals surface area contributed by atoms with Crippen LogP contribution in [0, 0.1) is 0 Å². The van der Waals surface area contributed by atoms with E-state index in [2.05, 4.69) is 0 Å². The number of carbonyl (C=O) groups excluding carboxylic acids is 1. The summed E-state index contributed by atoms with van der Waals surface area (Å²) in [5.41, 5.74) is 0.447. The van der Waals surface area contributed by atoms with Crippen LogP contribution in [-0.4, -0.2) is 34.0 Å². The van der Waals surface area contributed by atoms with Crippen molar-refractivity contribution in [2.24, 2.45) is 0 Å². The third-order valence-electron chi connectivity index (χ3n) is 2.33. The van der Waals surface area contributed by atoms with Crippen LogP contribution in [0.4, 0.5) is 0 Å². The number of phenols is 1. The van der Waals surface area contributed by atoms with Gasteiger partial charge in [-0.3, -0.25) is 4.79 Å². The number of carboxylic acid groups (broad SMARTS) is 1. The molecule has 5 heteroatoms. The maximum atomic E-state index is 11.1. The first-order chi connectivity index (χ1) is 7.43. The average molecular weight is 223 g/mol. The largest absolute Gasteiger partial charge is 0.508 e. The van der Waals surface area contributed by atoms with Gasteiger partial charge in [0.25, 0.3) is 0 Å². The molecule has 0 bridgehead atoms. The number of likely N-dealkylation sites (N-methyl/N-ethyl adjacent to an activating group) is 1. The summed E-state index contributed by atoms with van der Waals surface area (Å²) in [6, 6.07) is 4.71. The first-order valence-electron chi connectivity index (χ1n) is 4.68. The lowest BCUT2D eigenvalue weighted by atomic mass is 10.1. The van der Waals surface area contributed by atoms with Crippen LogP contribution in [0.15, 0.2) is 24.3 Å². The van der Waals surface area contributed by atoms with Gasteiger partial charge in [-0.2, -0.15) is 0 Å². The molecule has 0 radical (unpaired) electrons. The zero-order valence-corrected chi connectivity index (χ0v) is 9.04. The number of amides is 1. The predicted octanol–water partition coefficient (Wildman–Crippen LogP) is 0.996. The van der Waals surface area contributed by atoms with Crippen LogP contribution in [0.5, 0.6) is 5.75 Å². The van der Waals surface area contributed by atoms with Gasteiger partial charge >= 0.3 is 5.97 Å². The van der Waals surface area contributed by atoms with E-state index >= 15 is 0 Å². The molecule has 0 aliphatic heterocycles. The van der Waals surface area contributed by atoms with Crippen molar-refractivity contribution in [1.82, 2.24) is 4.90 Å². The van der Waals surface area contributed by atoms with E-state index in [1.807, 2.05) is 0 Å². The molecule has 5 nitrogen and oxygen atoms in total. The van der Waals surface area contributed by atoms with Crippen LogP contribution in [0.3, 0.4) is 0 Å². The second-order valence-corrected chi connectivity index (χ2v) is 3.46. The highest BCUT2D eigenvalue weighted by Gasteiger charge is 2.26. The highest BCUT2D eigenvalue weighted by atomic mass is 16.4. The number of nitrogens with zero attached hydrogens (tertiary/aromatic N) is 1. The Morgan fingerprint density at radius 2 is 1.75 bits per heavy atom. The Bertz CT molecular complexity index is 399. The molecular weight excluding hydrogens is 210 g/mol. The number of carbonyl (C=O) groups is 2. The maximum Gasteiger partial charge on any atom is 0.331 e. The van der Waals surface area contributed by atoms with E-state index in [-0.39, 0.29) is 11.7 Å². The van der Waals surface area contributed by atoms with Gasteiger partial charge in [0, 0.05) is 14.0 Å². The summed E-state index contributed by atoms with van der Waals surface area (Å²) >= 11 is 0. The van der Waals surface area contributed by atoms with Crippen molar-refractivity contribution in [3.63, 3.8) is 0 Å². The topological polar surface area (TPSA) is 77.8 Å². The van der Waals surface area contributed by atoms with Crippen LogP contribution in [0.1, 0.15) is 18.5 Å². The number of hydrogen-bond acceptors (Lipinski definition) is 3. The average Bonchev–Trinajstić information content (AvgIpc) is 2.20. The highest BCUT2D eigenvalue weighted by molar-refractivity contribution is 5.83. The second-order valence-electron chi connectivity index (χ2n) is 3.46. The van der Waals surface area contributed by atoms with E-state index in [0.717, 1.165) is 4.90 Å². The minimum Gasteiger partial charge on any atom is -0.508 e. The molecule has 1 unspecified atom stereocenters. The van der Waals surface area contributed by atoms with Gasteiger partial charge in [0.2, 0.25) is 5.91 Å². The smallest absolute Gasteiger partial charge is 0.331 e. The lowest BCUT2D eigenvalue weighted by Crippen LogP contribution is -2.34. The molecule has 86 valence electrons. The molecule has 2 N–H and O–H groups in total. The molecule has 0 aliphatic carbocycles. The Morgan fingerprint density at radius 1 is 1.25 bits per heavy atom. The zero-order valence-electron chi connectivity index (χ0n) is 9.04. The monoisotopic (exact) mass is 223 g/mol. The summed E-state index contributed by atoms with van der Waals surface area (Å²) in [6.45, 7) is 1.30. The Hall–Kier alpha value is -2.04. The number of aromatic hydroxyl groups is 1. The normalized spacial score (nSPS) is 11.9. The van der Waals surface area contributed by atoms with Crippen LogP contribution < -0.4 is 0 Å². The van der Waals surface area contributed by atoms with Crippen LogP contribution in [0.25, 0.3) is 0 Å². The molecule has 16 heavy (non-hydrogen) atoms. The highest BCUT2D eigenvalue weighted by Crippen LogP contribution is 2.22. The third-order valence-corrected chi connectivity index (χ3v) is 2.33. The van der Waals surface area contributed by atoms with E-state index in [4.69, 9.17) is 10.2 Å². The van der Waals surface area contributed by atoms with Gasteiger partial charge in [-0.05, 0) is 17.7 Å². The van der Waals surface area contributed by atoms with E-state index in [1.54, 1.807) is 0 Å². The maximum absolute atomic E-state index is 11.1. The lowest BCUT2D eigenvalue weighted by Gasteiger charge is -2.23. The van der Waals surface area contributed by atoms with Gasteiger partial charge in [0.15, 0.2) is 6.04 Å². The molecule has 0 aliphatic rings. The number of hydrogen-bond donors (Lipinski definition) is 2. The predicted molar refractivity (Wildman–Crippen MR) is 56.9 cm³/mol. The molecule has 0 aromatic heterocycles. The lowest BCUT2D eigenvalue weighted by molar-refractivity contribution is -0.148. The first kappa shape index (κ1) is 12.0. The molecule has 0 spiro atoms. The van der Waals surface area contributed by atoms with Crippen molar-refractivity contribution in [2.45, 2.75) is 13.0 Å². The van der Waals surface area contributed by atoms with Crippen molar-refractivity contribution in [2.75, 3.05) is 7.05 Å². The van der Waals surface area contributed by atoms with E-state index in [1.165, 1.54) is 38.2 Å². The first-order valence-corrected chi connectivity index (χ1v) is 4.68. The number of aliphatic carboxylic acids is 1. The number of phenolic OH excluding ortho intramolecular Hbond substituents is 1. The molecule has 1 atom stereocenters. The minimum atomic E-state index is -1.11. The number of rotatable bonds is 3. The van der Waals surface area contributed by atoms with Crippen molar-refractivity contribution < 1.29 is 19.8 Å². The van der Waals surface area contributed by atoms with Crippen LogP contribution >= 0.6 is 0 Å². The minimum absolute atomic E-state index is 0.0540. The summed E-state index contributed by atoms with van der Waals surface area (Å²) in [7, 11) is 1.42. The zero-order chi connectivity index (χ0) is 12.3. The van der Waals surface area contributed by atoms with Gasteiger partial charge in [-0.1, -0.05) is 12.1 Å². The fourth-order valence-electron chi connectivity index (χ4n) is 1.37. The molecule has 0 heterocycles. The molecular formula is C11H13NO4. The Morgan fingerprint density at radius 3 is 2.12 bits per heavy atom. The van der Waals surface area contributed by atoms with Crippen molar-refractivity contribution in [3.05, 3.63) is 29.8 Å². The summed E-state index contributed by atoms with van der Waals surface area (Å²) in [4.78, 5) is 23.4. The molecule has 1 aromatic carbocycles. The molecule has 1 rings (SSSR count). The van der Waals surface area contributed by atoms with Gasteiger partial charge in [-0.15, -0.1) is 0 Å². The Labute approximate surface area is 92.9 Å². The fourth-order valence-corrected chi connectivity index (χ4v) is 1.37. The van der Waals surface area contributed by atoms with Gasteiger partial charge in [0.05, 0.1) is 0 Å². The molecule has 1 amide bonds.